The Kier molecular flexibility index (Phi) is 3.96. The average molecular weight is 328 g/mol. The number of carbonyl (C=O) groups excluding carboxylic acids is 1. The molecule has 0 aliphatic carbocycles. The number of nitrogens with one attached hydrogen (secondary N) is 2. The number of nitrogens with zero attached hydrogens (tertiary/aromatic N) is 2. The normalized spacial score (nSPS) is 10.7. The van der Waals surface area contributed by atoms with Gasteiger partial charge in [-0.15, -0.1) is 0 Å². The van der Waals surface area contributed by atoms with Crippen molar-refractivity contribution >= 4 is 16.8 Å². The van der Waals surface area contributed by atoms with Crippen LogP contribution in [0.4, 0.5) is 0 Å². The fourth-order valence-corrected chi connectivity index (χ4v) is 2.82. The van der Waals surface area contributed by atoms with E-state index in [1.165, 1.54) is 0 Å². The molecule has 0 bridgehead atoms. The maximum Gasteiger partial charge on any atom is 0.251 e. The molecule has 1 aromatic carbocycles. The molecule has 0 unspecified atom stereocenters. The average Bonchev–Trinajstić information content (AvgIpc) is 3.15. The van der Waals surface area contributed by atoms with Crippen molar-refractivity contribution in [1.82, 2.24) is 20.3 Å². The second-order valence-electron chi connectivity index (χ2n) is 5.71. The molecular formula is C20H16N4O. The van der Waals surface area contributed by atoms with Crippen LogP contribution in [0.1, 0.15) is 15.9 Å². The Hall–Kier alpha value is -3.47. The van der Waals surface area contributed by atoms with Gasteiger partial charge >= 0.3 is 0 Å². The van der Waals surface area contributed by atoms with Crippen LogP contribution in [0.3, 0.4) is 0 Å². The first kappa shape index (κ1) is 15.1. The molecule has 0 saturated heterocycles. The molecule has 0 aliphatic rings. The third-order valence-corrected chi connectivity index (χ3v) is 4.10. The fourth-order valence-electron chi connectivity index (χ4n) is 2.82. The topological polar surface area (TPSA) is 70.7 Å². The summed E-state index contributed by atoms with van der Waals surface area (Å²) in [5.74, 6) is -0.110. The summed E-state index contributed by atoms with van der Waals surface area (Å²) in [6, 6.07) is 15.3. The van der Waals surface area contributed by atoms with E-state index in [1.807, 2.05) is 54.7 Å². The Morgan fingerprint density at radius 3 is 2.80 bits per heavy atom. The Bertz CT molecular complexity index is 1020. The molecule has 122 valence electrons. The summed E-state index contributed by atoms with van der Waals surface area (Å²) in [7, 11) is 0. The zero-order valence-electron chi connectivity index (χ0n) is 13.4. The molecule has 3 heterocycles. The smallest absolute Gasteiger partial charge is 0.251 e. The first-order chi connectivity index (χ1) is 12.3. The highest BCUT2D eigenvalue weighted by molar-refractivity contribution is 5.97. The number of benzene rings is 1. The Morgan fingerprint density at radius 1 is 1.04 bits per heavy atom. The number of rotatable bonds is 4. The van der Waals surface area contributed by atoms with Gasteiger partial charge in [-0.05, 0) is 47.3 Å². The summed E-state index contributed by atoms with van der Waals surface area (Å²) in [6.45, 7) is 0.410. The number of hydrogen-bond donors (Lipinski definition) is 2. The van der Waals surface area contributed by atoms with E-state index in [2.05, 4.69) is 20.3 Å². The minimum atomic E-state index is -0.110. The Morgan fingerprint density at radius 2 is 1.92 bits per heavy atom. The van der Waals surface area contributed by atoms with Crippen LogP contribution in [0.5, 0.6) is 0 Å². The van der Waals surface area contributed by atoms with E-state index in [1.54, 1.807) is 18.6 Å². The first-order valence-corrected chi connectivity index (χ1v) is 8.01. The summed E-state index contributed by atoms with van der Waals surface area (Å²) in [5.41, 5.74) is 4.37. The Balaban J connectivity index is 1.54. The van der Waals surface area contributed by atoms with Crippen molar-refractivity contribution in [2.45, 2.75) is 6.54 Å². The number of H-pyrrole nitrogens is 1. The molecule has 1 amide bonds. The van der Waals surface area contributed by atoms with E-state index >= 15 is 0 Å². The van der Waals surface area contributed by atoms with Crippen LogP contribution in [0, 0.1) is 0 Å². The third-order valence-electron chi connectivity index (χ3n) is 4.10. The van der Waals surface area contributed by atoms with E-state index in [0.29, 0.717) is 12.1 Å². The van der Waals surface area contributed by atoms with Crippen LogP contribution in [0.2, 0.25) is 0 Å². The van der Waals surface area contributed by atoms with Crippen LogP contribution in [-0.4, -0.2) is 20.9 Å². The van der Waals surface area contributed by atoms with Gasteiger partial charge in [-0.25, -0.2) is 0 Å². The molecule has 0 aliphatic heterocycles. The standard InChI is InChI=1S/C20H16N4O/c25-20(16-4-3-14-7-11-22-18(14)12-16)24-13-17-2-1-8-23-19(17)15-5-9-21-10-6-15/h1-12,22H,13H2,(H,24,25). The van der Waals surface area contributed by atoms with Gasteiger partial charge < -0.3 is 10.3 Å². The van der Waals surface area contributed by atoms with Crippen LogP contribution in [-0.2, 0) is 6.54 Å². The number of fused-ring (bicyclic) bond motifs is 1. The first-order valence-electron chi connectivity index (χ1n) is 8.01. The number of pyridine rings is 2. The van der Waals surface area contributed by atoms with Crippen LogP contribution < -0.4 is 5.32 Å². The predicted octanol–water partition coefficient (Wildman–Crippen LogP) is 3.55. The third kappa shape index (κ3) is 3.12. The quantitative estimate of drug-likeness (QED) is 0.602. The molecule has 0 fully saturated rings. The molecule has 5 heteroatoms. The SMILES string of the molecule is O=C(NCc1cccnc1-c1ccncc1)c1ccc2cc[nH]c2c1. The molecule has 3 aromatic heterocycles. The number of aromatic amines is 1. The van der Waals surface area contributed by atoms with Crippen molar-refractivity contribution in [3.8, 4) is 11.3 Å². The van der Waals surface area contributed by atoms with Crippen molar-refractivity contribution < 1.29 is 4.79 Å². The molecule has 2 N–H and O–H groups in total. The zero-order valence-corrected chi connectivity index (χ0v) is 13.4. The van der Waals surface area contributed by atoms with Gasteiger partial charge in [0.25, 0.3) is 5.91 Å². The van der Waals surface area contributed by atoms with Crippen molar-refractivity contribution in [3.05, 3.63) is 84.4 Å². The van der Waals surface area contributed by atoms with Gasteiger partial charge in [-0.3, -0.25) is 14.8 Å². The van der Waals surface area contributed by atoms with Gasteiger partial charge in [-0.2, -0.15) is 0 Å². The van der Waals surface area contributed by atoms with Gasteiger partial charge in [-0.1, -0.05) is 12.1 Å². The maximum absolute atomic E-state index is 12.5. The van der Waals surface area contributed by atoms with Crippen molar-refractivity contribution in [1.29, 1.82) is 0 Å². The zero-order chi connectivity index (χ0) is 17.1. The predicted molar refractivity (Wildman–Crippen MR) is 96.9 cm³/mol. The monoisotopic (exact) mass is 328 g/mol. The molecular weight excluding hydrogens is 312 g/mol. The summed E-state index contributed by atoms with van der Waals surface area (Å²) >= 11 is 0. The molecule has 0 atom stereocenters. The second-order valence-corrected chi connectivity index (χ2v) is 5.71. The molecule has 4 aromatic rings. The number of amides is 1. The molecule has 0 spiro atoms. The van der Waals surface area contributed by atoms with Crippen molar-refractivity contribution in [2.75, 3.05) is 0 Å². The van der Waals surface area contributed by atoms with Crippen LogP contribution in [0.15, 0.2) is 73.3 Å². The molecule has 0 radical (unpaired) electrons. The fraction of sp³-hybridized carbons (Fsp3) is 0.0500. The lowest BCUT2D eigenvalue weighted by Gasteiger charge is -2.10. The van der Waals surface area contributed by atoms with E-state index in [4.69, 9.17) is 0 Å². The molecule has 4 rings (SSSR count). The second kappa shape index (κ2) is 6.57. The van der Waals surface area contributed by atoms with E-state index in [-0.39, 0.29) is 5.91 Å². The highest BCUT2D eigenvalue weighted by atomic mass is 16.1. The van der Waals surface area contributed by atoms with Gasteiger partial charge in [0, 0.05) is 48.0 Å². The van der Waals surface area contributed by atoms with Crippen molar-refractivity contribution in [2.24, 2.45) is 0 Å². The van der Waals surface area contributed by atoms with E-state index < -0.39 is 0 Å². The lowest BCUT2D eigenvalue weighted by Crippen LogP contribution is -2.23. The van der Waals surface area contributed by atoms with E-state index in [9.17, 15) is 4.79 Å². The van der Waals surface area contributed by atoms with Gasteiger partial charge in [0.05, 0.1) is 5.69 Å². The van der Waals surface area contributed by atoms with Crippen LogP contribution >= 0.6 is 0 Å². The lowest BCUT2D eigenvalue weighted by atomic mass is 10.1. The lowest BCUT2D eigenvalue weighted by molar-refractivity contribution is 0.0951. The van der Waals surface area contributed by atoms with Gasteiger partial charge in [0.15, 0.2) is 0 Å². The minimum Gasteiger partial charge on any atom is -0.361 e. The molecule has 5 nitrogen and oxygen atoms in total. The summed E-state index contributed by atoms with van der Waals surface area (Å²) < 4.78 is 0. The highest BCUT2D eigenvalue weighted by Gasteiger charge is 2.10. The summed E-state index contributed by atoms with van der Waals surface area (Å²) in [4.78, 5) is 24.1. The maximum atomic E-state index is 12.5. The highest BCUT2D eigenvalue weighted by Crippen LogP contribution is 2.20. The number of carbonyl (C=O) groups is 1. The largest absolute Gasteiger partial charge is 0.361 e. The van der Waals surface area contributed by atoms with Gasteiger partial charge in [0.1, 0.15) is 0 Å². The summed E-state index contributed by atoms with van der Waals surface area (Å²) in [6.07, 6.45) is 7.08. The van der Waals surface area contributed by atoms with Gasteiger partial charge in [0.2, 0.25) is 0 Å². The molecule has 0 saturated carbocycles. The number of hydrogen-bond acceptors (Lipinski definition) is 3. The van der Waals surface area contributed by atoms with Crippen molar-refractivity contribution in [3.63, 3.8) is 0 Å². The van der Waals surface area contributed by atoms with E-state index in [0.717, 1.165) is 27.7 Å². The minimum absolute atomic E-state index is 0.110. The Labute approximate surface area is 144 Å². The molecule has 25 heavy (non-hydrogen) atoms. The van der Waals surface area contributed by atoms with Crippen LogP contribution in [0.25, 0.3) is 22.2 Å². The number of aromatic nitrogens is 3. The summed E-state index contributed by atoms with van der Waals surface area (Å²) in [5, 5.41) is 4.06.